The summed E-state index contributed by atoms with van der Waals surface area (Å²) in [5, 5.41) is 3.85. The lowest BCUT2D eigenvalue weighted by molar-refractivity contribution is 0.413. The second-order valence-corrected chi connectivity index (χ2v) is 14.1. The van der Waals surface area contributed by atoms with Crippen molar-refractivity contribution in [2.24, 2.45) is 0 Å². The predicted molar refractivity (Wildman–Crippen MR) is 156 cm³/mol. The minimum Gasteiger partial charge on any atom is -0.497 e. The molecule has 0 saturated carbocycles. The van der Waals surface area contributed by atoms with E-state index >= 15 is 0 Å². The number of methoxy groups -OCH3 is 1. The molecule has 0 aliphatic rings. The van der Waals surface area contributed by atoms with Gasteiger partial charge in [0.1, 0.15) is 16.7 Å². The zero-order valence-corrected chi connectivity index (χ0v) is 23.3. The summed E-state index contributed by atoms with van der Waals surface area (Å²) in [6.45, 7) is 6.08. The minimum atomic E-state index is -1.22. The Bertz CT molecular complexity index is 1250. The van der Waals surface area contributed by atoms with Crippen LogP contribution in [0.1, 0.15) is 37.9 Å². The first kappa shape index (κ1) is 26.3. The van der Waals surface area contributed by atoms with Crippen LogP contribution in [0.5, 0.6) is 5.75 Å². The van der Waals surface area contributed by atoms with Crippen LogP contribution in [-0.2, 0) is 11.0 Å². The predicted octanol–water partition coefficient (Wildman–Crippen LogP) is 5.94. The van der Waals surface area contributed by atoms with Crippen molar-refractivity contribution in [3.63, 3.8) is 0 Å². The lowest BCUT2D eigenvalue weighted by atomic mass is 9.98. The zero-order chi connectivity index (χ0) is 25.7. The van der Waals surface area contributed by atoms with Gasteiger partial charge in [-0.3, -0.25) is 0 Å². The number of rotatable bonds is 8. The van der Waals surface area contributed by atoms with Crippen LogP contribution < -0.4 is 20.7 Å². The van der Waals surface area contributed by atoms with Crippen LogP contribution in [0.25, 0.3) is 0 Å². The van der Waals surface area contributed by atoms with Crippen molar-refractivity contribution in [2.45, 2.75) is 31.6 Å². The molecule has 4 rings (SSSR count). The highest BCUT2D eigenvalue weighted by atomic mass is 32.2. The Hall–Kier alpha value is -2.78. The van der Waals surface area contributed by atoms with Crippen LogP contribution in [0.4, 0.5) is 0 Å². The molecule has 4 aromatic carbocycles. The summed E-state index contributed by atoms with van der Waals surface area (Å²) in [6, 6.07) is 38.0. The number of nitrogens with zero attached hydrogens (tertiary/aromatic N) is 1. The Morgan fingerprint density at radius 2 is 1.25 bits per heavy atom. The van der Waals surface area contributed by atoms with Crippen LogP contribution in [0.2, 0.25) is 0 Å². The van der Waals surface area contributed by atoms with Crippen molar-refractivity contribution in [1.82, 2.24) is 4.31 Å². The fraction of sp³-hybridized carbons (Fsp3) is 0.226. The van der Waals surface area contributed by atoms with Crippen LogP contribution in [-0.4, -0.2) is 27.4 Å². The Kier molecular flexibility index (Phi) is 8.41. The third-order valence-corrected chi connectivity index (χ3v) is 10.4. The Balaban J connectivity index is 1.94. The molecule has 5 heteroatoms. The first-order valence-corrected chi connectivity index (χ1v) is 14.5. The van der Waals surface area contributed by atoms with Crippen molar-refractivity contribution in [2.75, 3.05) is 14.2 Å². The molecule has 0 heterocycles. The van der Waals surface area contributed by atoms with Crippen LogP contribution in [0, 0.1) is 0 Å². The van der Waals surface area contributed by atoms with Gasteiger partial charge in [-0.1, -0.05) is 97.1 Å². The summed E-state index contributed by atoms with van der Waals surface area (Å²) in [6.07, 6.45) is 0. The molecule has 0 amide bonds. The summed E-state index contributed by atoms with van der Waals surface area (Å²) >= 11 is 0. The normalized spacial score (nSPS) is 13.5. The quantitative estimate of drug-likeness (QED) is 0.272. The van der Waals surface area contributed by atoms with Gasteiger partial charge in [-0.25, -0.2) is 8.51 Å². The van der Waals surface area contributed by atoms with E-state index in [1.807, 2.05) is 44.3 Å². The molecule has 0 aliphatic carbocycles. The molecule has 0 radical (unpaired) electrons. The Labute approximate surface area is 219 Å². The standard InChI is InChI=1S/C31H34NO2PS/c1-31(2,3)36(33)32(4)30(24-20-22-25(34-5)23-21-24)28-18-12-13-19-29(28)35(26-14-8-6-9-15-26)27-16-10-7-11-17-27/h6-23,30H,1-5H3/t30-,36?/m0/s1. The topological polar surface area (TPSA) is 29.5 Å². The summed E-state index contributed by atoms with van der Waals surface area (Å²) < 4.78 is 20.8. The molecule has 36 heavy (non-hydrogen) atoms. The molecule has 1 unspecified atom stereocenters. The van der Waals surface area contributed by atoms with Gasteiger partial charge in [0.2, 0.25) is 0 Å². The summed E-state index contributed by atoms with van der Waals surface area (Å²) in [4.78, 5) is 0. The SMILES string of the molecule is COc1ccc([C@@H](c2ccccc2P(c2ccccc2)c2ccccc2)N(C)S(=O)C(C)(C)C)cc1. The number of hydrogen-bond acceptors (Lipinski definition) is 2. The third-order valence-electron chi connectivity index (χ3n) is 6.08. The van der Waals surface area contributed by atoms with Crippen LogP contribution in [0.15, 0.2) is 109 Å². The molecule has 0 aliphatic heterocycles. The molecule has 186 valence electrons. The number of benzene rings is 4. The molecule has 0 N–H and O–H groups in total. The lowest BCUT2D eigenvalue weighted by Gasteiger charge is -2.35. The van der Waals surface area contributed by atoms with E-state index in [1.54, 1.807) is 7.11 Å². The Morgan fingerprint density at radius 1 is 0.750 bits per heavy atom. The average molecular weight is 516 g/mol. The van der Waals surface area contributed by atoms with Gasteiger partial charge in [0.15, 0.2) is 0 Å². The van der Waals surface area contributed by atoms with Crippen LogP contribution >= 0.6 is 7.92 Å². The molecule has 0 aromatic heterocycles. The largest absolute Gasteiger partial charge is 0.497 e. The zero-order valence-electron chi connectivity index (χ0n) is 21.6. The number of ether oxygens (including phenoxy) is 1. The van der Waals surface area contributed by atoms with E-state index in [0.29, 0.717) is 0 Å². The molecule has 0 spiro atoms. The van der Waals surface area contributed by atoms with E-state index in [4.69, 9.17) is 4.74 Å². The molecular formula is C31H34NO2PS. The molecule has 3 nitrogen and oxygen atoms in total. The fourth-order valence-electron chi connectivity index (χ4n) is 4.40. The average Bonchev–Trinajstić information content (AvgIpc) is 2.90. The van der Waals surface area contributed by atoms with E-state index in [-0.39, 0.29) is 6.04 Å². The second-order valence-electron chi connectivity index (χ2n) is 9.65. The van der Waals surface area contributed by atoms with Crippen molar-refractivity contribution in [3.05, 3.63) is 120 Å². The van der Waals surface area contributed by atoms with E-state index in [9.17, 15) is 4.21 Å². The fourth-order valence-corrected chi connectivity index (χ4v) is 8.18. The van der Waals surface area contributed by atoms with Gasteiger partial charge in [0, 0.05) is 7.05 Å². The minimum absolute atomic E-state index is 0.190. The highest BCUT2D eigenvalue weighted by molar-refractivity contribution is 7.84. The van der Waals surface area contributed by atoms with E-state index in [0.717, 1.165) is 11.3 Å². The second kappa shape index (κ2) is 11.5. The van der Waals surface area contributed by atoms with Gasteiger partial charge in [0.25, 0.3) is 0 Å². The summed E-state index contributed by atoms with van der Waals surface area (Å²) in [5.74, 6) is 0.807. The first-order chi connectivity index (χ1) is 17.3. The van der Waals surface area contributed by atoms with Crippen LogP contribution in [0.3, 0.4) is 0 Å². The lowest BCUT2D eigenvalue weighted by Crippen LogP contribution is -2.39. The van der Waals surface area contributed by atoms with E-state index < -0.39 is 23.7 Å². The van der Waals surface area contributed by atoms with Crippen molar-refractivity contribution in [3.8, 4) is 5.75 Å². The maximum absolute atomic E-state index is 13.7. The van der Waals surface area contributed by atoms with Crippen molar-refractivity contribution >= 4 is 34.8 Å². The molecule has 0 fully saturated rings. The highest BCUT2D eigenvalue weighted by Crippen LogP contribution is 2.39. The highest BCUT2D eigenvalue weighted by Gasteiger charge is 2.33. The van der Waals surface area contributed by atoms with E-state index in [2.05, 4.69) is 97.1 Å². The molecule has 0 saturated heterocycles. The van der Waals surface area contributed by atoms with Gasteiger partial charge in [-0.05, 0) is 67.9 Å². The Morgan fingerprint density at radius 3 is 1.75 bits per heavy atom. The van der Waals surface area contributed by atoms with Crippen molar-refractivity contribution < 1.29 is 8.95 Å². The smallest absolute Gasteiger partial charge is 0.118 e. The van der Waals surface area contributed by atoms with Gasteiger partial charge >= 0.3 is 0 Å². The third kappa shape index (κ3) is 5.78. The first-order valence-electron chi connectivity index (χ1n) is 12.1. The maximum atomic E-state index is 13.7. The molecule has 4 aromatic rings. The summed E-state index contributed by atoms with van der Waals surface area (Å²) in [5.41, 5.74) is 2.25. The summed E-state index contributed by atoms with van der Waals surface area (Å²) in [7, 11) is 1.61. The van der Waals surface area contributed by atoms with Gasteiger partial charge < -0.3 is 4.74 Å². The monoisotopic (exact) mass is 515 g/mol. The van der Waals surface area contributed by atoms with Crippen molar-refractivity contribution in [1.29, 1.82) is 0 Å². The van der Waals surface area contributed by atoms with E-state index in [1.165, 1.54) is 21.5 Å². The molecule has 0 bridgehead atoms. The maximum Gasteiger partial charge on any atom is 0.118 e. The number of hydrogen-bond donors (Lipinski definition) is 0. The van der Waals surface area contributed by atoms with Gasteiger partial charge in [-0.2, -0.15) is 0 Å². The molecule has 2 atom stereocenters. The van der Waals surface area contributed by atoms with Gasteiger partial charge in [-0.15, -0.1) is 0 Å². The van der Waals surface area contributed by atoms with Gasteiger partial charge in [0.05, 0.1) is 17.9 Å². The molecular weight excluding hydrogens is 481 g/mol.